The molecule has 0 saturated carbocycles. The van der Waals surface area contributed by atoms with Gasteiger partial charge in [0.1, 0.15) is 12.2 Å². The number of aromatic amines is 1. The highest BCUT2D eigenvalue weighted by Gasteiger charge is 2.57. The van der Waals surface area contributed by atoms with Crippen molar-refractivity contribution in [1.29, 1.82) is 0 Å². The van der Waals surface area contributed by atoms with Gasteiger partial charge in [0.25, 0.3) is 0 Å². The van der Waals surface area contributed by atoms with E-state index in [0.29, 0.717) is 11.7 Å². The first-order chi connectivity index (χ1) is 16.3. The topological polar surface area (TPSA) is 121 Å². The Morgan fingerprint density at radius 1 is 1.18 bits per heavy atom. The second kappa shape index (κ2) is 10.2. The lowest BCUT2D eigenvalue weighted by Crippen LogP contribution is -2.46. The van der Waals surface area contributed by atoms with Crippen molar-refractivity contribution in [3.05, 3.63) is 65.9 Å². The molecule has 0 bridgehead atoms. The number of carbonyl (C=O) groups is 1. The molecule has 0 radical (unpaired) electrons. The van der Waals surface area contributed by atoms with E-state index in [1.165, 1.54) is 0 Å². The van der Waals surface area contributed by atoms with Gasteiger partial charge in [-0.25, -0.2) is 4.79 Å². The lowest BCUT2D eigenvalue weighted by atomic mass is 10.0. The number of rotatable bonds is 9. The van der Waals surface area contributed by atoms with Crippen LogP contribution in [0.2, 0.25) is 0 Å². The van der Waals surface area contributed by atoms with E-state index in [9.17, 15) is 20.1 Å². The number of ether oxygens (including phenoxy) is 3. The van der Waals surface area contributed by atoms with Crippen molar-refractivity contribution in [2.75, 3.05) is 6.61 Å². The van der Waals surface area contributed by atoms with Gasteiger partial charge in [-0.3, -0.25) is 0 Å². The summed E-state index contributed by atoms with van der Waals surface area (Å²) in [6.45, 7) is 3.50. The summed E-state index contributed by atoms with van der Waals surface area (Å²) in [5.41, 5.74) is 2.75. The van der Waals surface area contributed by atoms with Crippen LogP contribution in [0.1, 0.15) is 31.4 Å². The molecule has 1 aliphatic heterocycles. The van der Waals surface area contributed by atoms with E-state index in [-0.39, 0.29) is 6.61 Å². The summed E-state index contributed by atoms with van der Waals surface area (Å²) < 4.78 is 16.7. The first-order valence-corrected chi connectivity index (χ1v) is 11.5. The fourth-order valence-electron chi connectivity index (χ4n) is 4.04. The van der Waals surface area contributed by atoms with Gasteiger partial charge in [0.2, 0.25) is 5.79 Å². The zero-order valence-corrected chi connectivity index (χ0v) is 19.3. The Morgan fingerprint density at radius 2 is 1.94 bits per heavy atom. The number of hydrogen-bond acceptors (Lipinski definition) is 7. The summed E-state index contributed by atoms with van der Waals surface area (Å²) in [5.74, 6) is -2.29. The third kappa shape index (κ3) is 5.16. The molecule has 1 aliphatic rings. The number of aromatic nitrogens is 1. The molecule has 4 atom stereocenters. The number of aliphatic hydroxyl groups is 3. The minimum atomic E-state index is -2.34. The molecule has 0 aliphatic carbocycles. The standard InChI is InChI=1S/C26H31NO7/c1-16(2)8-9-17-10-11-20-19(12-17)21(13-27-20)33-25(30)23-22(24(29)26(31,15-28)34-23)32-14-18-6-4-3-5-7-18/h3-7,10-13,16,22-24,27-29,31H,8-9,14-15H2,1-2H3/t22-,23+,24+,26-/m0/s1. The molecule has 1 fully saturated rings. The summed E-state index contributed by atoms with van der Waals surface area (Å²) >= 11 is 0. The number of H-pyrrole nitrogens is 1. The molecular weight excluding hydrogens is 438 g/mol. The Labute approximate surface area is 198 Å². The maximum atomic E-state index is 13.1. The molecule has 1 saturated heterocycles. The van der Waals surface area contributed by atoms with Crippen molar-refractivity contribution in [2.24, 2.45) is 5.92 Å². The van der Waals surface area contributed by atoms with Crippen LogP contribution >= 0.6 is 0 Å². The average molecular weight is 470 g/mol. The van der Waals surface area contributed by atoms with E-state index >= 15 is 0 Å². The first-order valence-electron chi connectivity index (χ1n) is 11.5. The SMILES string of the molecule is CC(C)CCc1ccc2[nH]cc(OC(=O)[C@@H]3O[C@@](O)(CO)[C@H](O)[C@H]3OCc3ccccc3)c2c1. The smallest absolute Gasteiger partial charge is 0.343 e. The molecule has 0 unspecified atom stereocenters. The molecule has 0 amide bonds. The Morgan fingerprint density at radius 3 is 2.65 bits per heavy atom. The summed E-state index contributed by atoms with van der Waals surface area (Å²) in [6, 6.07) is 15.1. The van der Waals surface area contributed by atoms with Crippen LogP contribution in [0.15, 0.2) is 54.7 Å². The molecule has 1 aromatic heterocycles. The fourth-order valence-corrected chi connectivity index (χ4v) is 4.04. The monoisotopic (exact) mass is 469 g/mol. The fraction of sp³-hybridized carbons (Fsp3) is 0.423. The number of aliphatic hydroxyl groups excluding tert-OH is 2. The van der Waals surface area contributed by atoms with Crippen LogP contribution in [0.5, 0.6) is 5.75 Å². The Hall–Kier alpha value is -2.75. The van der Waals surface area contributed by atoms with Crippen molar-refractivity contribution in [3.63, 3.8) is 0 Å². The predicted molar refractivity (Wildman–Crippen MR) is 125 cm³/mol. The lowest BCUT2D eigenvalue weighted by Gasteiger charge is -2.23. The number of fused-ring (bicyclic) bond motifs is 1. The molecule has 8 nitrogen and oxygen atoms in total. The highest BCUT2D eigenvalue weighted by Crippen LogP contribution is 2.34. The van der Waals surface area contributed by atoms with Gasteiger partial charge in [-0.1, -0.05) is 50.2 Å². The molecule has 2 aromatic carbocycles. The molecular formula is C26H31NO7. The Kier molecular flexibility index (Phi) is 7.35. The van der Waals surface area contributed by atoms with Gasteiger partial charge < -0.3 is 34.5 Å². The van der Waals surface area contributed by atoms with E-state index < -0.39 is 36.7 Å². The molecule has 0 spiro atoms. The van der Waals surface area contributed by atoms with Crippen LogP contribution in [0, 0.1) is 5.92 Å². The number of nitrogens with one attached hydrogen (secondary N) is 1. The lowest BCUT2D eigenvalue weighted by molar-refractivity contribution is -0.246. The van der Waals surface area contributed by atoms with Gasteiger partial charge in [0.05, 0.1) is 13.2 Å². The van der Waals surface area contributed by atoms with Gasteiger partial charge in [0.15, 0.2) is 11.9 Å². The van der Waals surface area contributed by atoms with E-state index in [0.717, 1.165) is 34.9 Å². The molecule has 182 valence electrons. The Bertz CT molecular complexity index is 1110. The summed E-state index contributed by atoms with van der Waals surface area (Å²) in [7, 11) is 0. The second-order valence-electron chi connectivity index (χ2n) is 9.13. The van der Waals surface area contributed by atoms with Crippen LogP contribution in [0.3, 0.4) is 0 Å². The molecule has 8 heteroatoms. The van der Waals surface area contributed by atoms with Crippen LogP contribution in [0.4, 0.5) is 0 Å². The predicted octanol–water partition coefficient (Wildman–Crippen LogP) is 2.69. The van der Waals surface area contributed by atoms with Crippen molar-refractivity contribution in [2.45, 2.75) is 57.4 Å². The summed E-state index contributed by atoms with van der Waals surface area (Å²) in [5, 5.41) is 31.4. The number of hydrogen-bond donors (Lipinski definition) is 4. The first kappa shape index (κ1) is 24.4. The third-order valence-corrected chi connectivity index (χ3v) is 6.08. The van der Waals surface area contributed by atoms with Crippen molar-refractivity contribution >= 4 is 16.9 Å². The van der Waals surface area contributed by atoms with Crippen LogP contribution in [0.25, 0.3) is 10.9 Å². The van der Waals surface area contributed by atoms with Crippen LogP contribution in [-0.2, 0) is 27.3 Å². The minimum Gasteiger partial charge on any atom is -0.422 e. The van der Waals surface area contributed by atoms with E-state index in [1.807, 2.05) is 48.5 Å². The minimum absolute atomic E-state index is 0.0729. The molecule has 4 N–H and O–H groups in total. The van der Waals surface area contributed by atoms with Gasteiger partial charge in [0, 0.05) is 17.1 Å². The van der Waals surface area contributed by atoms with Gasteiger partial charge >= 0.3 is 5.97 Å². The maximum Gasteiger partial charge on any atom is 0.343 e. The van der Waals surface area contributed by atoms with Crippen LogP contribution < -0.4 is 4.74 Å². The van der Waals surface area contributed by atoms with Crippen molar-refractivity contribution in [1.82, 2.24) is 4.98 Å². The number of carbonyl (C=O) groups excluding carboxylic acids is 1. The van der Waals surface area contributed by atoms with Crippen molar-refractivity contribution in [3.8, 4) is 5.75 Å². The summed E-state index contributed by atoms with van der Waals surface area (Å²) in [6.07, 6.45) is -0.800. The largest absolute Gasteiger partial charge is 0.422 e. The molecule has 3 aromatic rings. The summed E-state index contributed by atoms with van der Waals surface area (Å²) in [4.78, 5) is 16.2. The van der Waals surface area contributed by atoms with E-state index in [1.54, 1.807) is 6.20 Å². The molecule has 4 rings (SSSR count). The second-order valence-corrected chi connectivity index (χ2v) is 9.13. The number of benzene rings is 2. The maximum absolute atomic E-state index is 13.1. The number of esters is 1. The Balaban J connectivity index is 1.52. The highest BCUT2D eigenvalue weighted by molar-refractivity contribution is 5.90. The normalized spacial score (nSPS) is 24.7. The molecule has 34 heavy (non-hydrogen) atoms. The zero-order chi connectivity index (χ0) is 24.3. The van der Waals surface area contributed by atoms with E-state index in [2.05, 4.69) is 18.8 Å². The van der Waals surface area contributed by atoms with E-state index in [4.69, 9.17) is 14.2 Å². The molecule has 2 heterocycles. The average Bonchev–Trinajstić information content (AvgIpc) is 3.35. The quantitative estimate of drug-likeness (QED) is 0.356. The van der Waals surface area contributed by atoms with Gasteiger partial charge in [-0.15, -0.1) is 0 Å². The number of aryl methyl sites for hydroxylation is 1. The van der Waals surface area contributed by atoms with Crippen LogP contribution in [-0.4, -0.2) is 57.0 Å². The van der Waals surface area contributed by atoms with Gasteiger partial charge in [-0.2, -0.15) is 0 Å². The third-order valence-electron chi connectivity index (χ3n) is 6.08. The highest BCUT2D eigenvalue weighted by atomic mass is 16.7. The zero-order valence-electron chi connectivity index (χ0n) is 19.3. The van der Waals surface area contributed by atoms with Gasteiger partial charge in [-0.05, 0) is 42.0 Å². The van der Waals surface area contributed by atoms with Crippen molar-refractivity contribution < 1.29 is 34.3 Å².